The van der Waals surface area contributed by atoms with Gasteiger partial charge in [-0.1, -0.05) is 30.3 Å². The molecule has 1 aliphatic heterocycles. The van der Waals surface area contributed by atoms with Crippen LogP contribution in [-0.2, 0) is 16.1 Å². The maximum Gasteiger partial charge on any atom is 0.327 e. The van der Waals surface area contributed by atoms with E-state index < -0.39 is 11.9 Å². The summed E-state index contributed by atoms with van der Waals surface area (Å²) in [5.74, 6) is -0.479. The zero-order valence-corrected chi connectivity index (χ0v) is 9.47. The molecule has 17 heavy (non-hydrogen) atoms. The quantitative estimate of drug-likeness (QED) is 0.796. The second-order valence-electron chi connectivity index (χ2n) is 3.57. The van der Waals surface area contributed by atoms with Crippen LogP contribution in [0.1, 0.15) is 12.5 Å². The van der Waals surface area contributed by atoms with E-state index >= 15 is 0 Å². The number of benzene rings is 1. The van der Waals surface area contributed by atoms with Crippen LogP contribution in [0.25, 0.3) is 0 Å². The average Bonchev–Trinajstić information content (AvgIpc) is 2.58. The highest BCUT2D eigenvalue weighted by molar-refractivity contribution is 6.08. The van der Waals surface area contributed by atoms with E-state index in [0.717, 1.165) is 5.56 Å². The molecule has 1 aliphatic rings. The SMILES string of the molecule is CCO[C]1C(=O)NC(=O)N1Cc1ccccc1. The van der Waals surface area contributed by atoms with Gasteiger partial charge in [-0.05, 0) is 12.5 Å². The van der Waals surface area contributed by atoms with Crippen LogP contribution in [0.2, 0.25) is 0 Å². The molecule has 1 heterocycles. The van der Waals surface area contributed by atoms with Crippen molar-refractivity contribution in [1.82, 2.24) is 10.2 Å². The number of amides is 3. The largest absolute Gasteiger partial charge is 0.343 e. The molecule has 1 radical (unpaired) electrons. The van der Waals surface area contributed by atoms with Crippen molar-refractivity contribution in [2.24, 2.45) is 0 Å². The summed E-state index contributed by atoms with van der Waals surface area (Å²) in [6.45, 7) is 2.44. The van der Waals surface area contributed by atoms with Crippen molar-refractivity contribution in [3.8, 4) is 0 Å². The standard InChI is InChI=1S/C12H13N2O3/c1-2-17-11-10(15)13-12(16)14(11)8-9-6-4-3-5-7-9/h3-7H,2,8H2,1H3,(H,13,15,16). The number of rotatable bonds is 4. The van der Waals surface area contributed by atoms with E-state index in [1.54, 1.807) is 6.92 Å². The van der Waals surface area contributed by atoms with Gasteiger partial charge >= 0.3 is 6.03 Å². The average molecular weight is 233 g/mol. The van der Waals surface area contributed by atoms with Gasteiger partial charge in [0.05, 0.1) is 6.54 Å². The maximum atomic E-state index is 11.6. The van der Waals surface area contributed by atoms with Crippen LogP contribution in [0, 0.1) is 6.23 Å². The minimum Gasteiger partial charge on any atom is -0.343 e. The van der Waals surface area contributed by atoms with E-state index in [9.17, 15) is 9.59 Å². The lowest BCUT2D eigenvalue weighted by atomic mass is 10.2. The van der Waals surface area contributed by atoms with Gasteiger partial charge in [-0.3, -0.25) is 15.0 Å². The molecular formula is C12H13N2O3. The number of carbonyl (C=O) groups is 2. The van der Waals surface area contributed by atoms with Gasteiger partial charge in [0, 0.05) is 6.61 Å². The van der Waals surface area contributed by atoms with Crippen LogP contribution in [0.5, 0.6) is 0 Å². The molecule has 3 amide bonds. The summed E-state index contributed by atoms with van der Waals surface area (Å²) in [4.78, 5) is 24.3. The van der Waals surface area contributed by atoms with Crippen molar-refractivity contribution in [3.63, 3.8) is 0 Å². The highest BCUT2D eigenvalue weighted by Gasteiger charge is 2.40. The Labute approximate surface area is 99.4 Å². The van der Waals surface area contributed by atoms with Crippen LogP contribution < -0.4 is 5.32 Å². The second kappa shape index (κ2) is 4.97. The monoisotopic (exact) mass is 233 g/mol. The fourth-order valence-electron chi connectivity index (χ4n) is 1.62. The van der Waals surface area contributed by atoms with Gasteiger partial charge in [0.25, 0.3) is 12.1 Å². The Morgan fingerprint density at radius 1 is 1.24 bits per heavy atom. The Morgan fingerprint density at radius 3 is 2.59 bits per heavy atom. The number of urea groups is 1. The van der Waals surface area contributed by atoms with Crippen molar-refractivity contribution in [1.29, 1.82) is 0 Å². The minimum absolute atomic E-state index is 0.0707. The number of hydrogen-bond acceptors (Lipinski definition) is 3. The summed E-state index contributed by atoms with van der Waals surface area (Å²) in [5, 5.41) is 2.21. The summed E-state index contributed by atoms with van der Waals surface area (Å²) in [5.41, 5.74) is 0.939. The molecule has 1 N–H and O–H groups in total. The topological polar surface area (TPSA) is 58.6 Å². The third-order valence-electron chi connectivity index (χ3n) is 2.37. The zero-order valence-electron chi connectivity index (χ0n) is 9.47. The number of hydrogen-bond donors (Lipinski definition) is 1. The van der Waals surface area contributed by atoms with E-state index in [-0.39, 0.29) is 6.23 Å². The first-order valence-corrected chi connectivity index (χ1v) is 5.39. The van der Waals surface area contributed by atoms with E-state index in [1.165, 1.54) is 4.90 Å². The first kappa shape index (κ1) is 11.6. The molecular weight excluding hydrogens is 220 g/mol. The second-order valence-corrected chi connectivity index (χ2v) is 3.57. The number of ether oxygens (including phenoxy) is 1. The molecule has 1 fully saturated rings. The van der Waals surface area contributed by atoms with Gasteiger partial charge in [0.2, 0.25) is 0 Å². The molecule has 0 unspecified atom stereocenters. The predicted octanol–water partition coefficient (Wildman–Crippen LogP) is 1.26. The van der Waals surface area contributed by atoms with Crippen LogP contribution in [-0.4, -0.2) is 23.4 Å². The molecule has 1 aromatic carbocycles. The molecule has 0 aromatic heterocycles. The summed E-state index contributed by atoms with van der Waals surface area (Å²) in [7, 11) is 0. The van der Waals surface area contributed by atoms with Crippen LogP contribution in [0.3, 0.4) is 0 Å². The fraction of sp³-hybridized carbons (Fsp3) is 0.250. The van der Waals surface area contributed by atoms with Crippen LogP contribution in [0.4, 0.5) is 4.79 Å². The molecule has 1 aromatic rings. The normalized spacial score (nSPS) is 16.4. The first-order chi connectivity index (χ1) is 8.22. The van der Waals surface area contributed by atoms with Gasteiger partial charge in [0.15, 0.2) is 0 Å². The lowest BCUT2D eigenvalue weighted by Gasteiger charge is -2.19. The fourth-order valence-corrected chi connectivity index (χ4v) is 1.62. The van der Waals surface area contributed by atoms with E-state index in [0.29, 0.717) is 13.2 Å². The first-order valence-electron chi connectivity index (χ1n) is 5.39. The van der Waals surface area contributed by atoms with E-state index in [2.05, 4.69) is 5.32 Å². The van der Waals surface area contributed by atoms with E-state index in [4.69, 9.17) is 4.74 Å². The number of nitrogens with zero attached hydrogens (tertiary/aromatic N) is 1. The molecule has 1 saturated heterocycles. The van der Waals surface area contributed by atoms with Crippen molar-refractivity contribution in [2.45, 2.75) is 13.5 Å². The van der Waals surface area contributed by atoms with Gasteiger partial charge < -0.3 is 4.74 Å². The Balaban J connectivity index is 2.12. The molecule has 0 aliphatic carbocycles. The van der Waals surface area contributed by atoms with E-state index in [1.807, 2.05) is 30.3 Å². The van der Waals surface area contributed by atoms with Gasteiger partial charge in [-0.15, -0.1) is 0 Å². The van der Waals surface area contributed by atoms with Crippen molar-refractivity contribution >= 4 is 11.9 Å². The van der Waals surface area contributed by atoms with Gasteiger partial charge in [0.1, 0.15) is 0 Å². The highest BCUT2D eigenvalue weighted by Crippen LogP contribution is 2.20. The molecule has 0 spiro atoms. The Bertz CT molecular complexity index is 419. The zero-order chi connectivity index (χ0) is 12.3. The lowest BCUT2D eigenvalue weighted by molar-refractivity contribution is -0.124. The summed E-state index contributed by atoms with van der Waals surface area (Å²) < 4.78 is 5.18. The summed E-state index contributed by atoms with van der Waals surface area (Å²) in [6, 6.07) is 8.99. The van der Waals surface area contributed by atoms with Gasteiger partial charge in [-0.2, -0.15) is 0 Å². The molecule has 2 rings (SSSR count). The minimum atomic E-state index is -0.479. The van der Waals surface area contributed by atoms with Crippen molar-refractivity contribution < 1.29 is 14.3 Å². The third-order valence-corrected chi connectivity index (χ3v) is 2.37. The maximum absolute atomic E-state index is 11.6. The Morgan fingerprint density at radius 2 is 1.94 bits per heavy atom. The van der Waals surface area contributed by atoms with Crippen molar-refractivity contribution in [2.75, 3.05) is 6.61 Å². The summed E-state index contributed by atoms with van der Waals surface area (Å²) in [6.07, 6.45) is 0.0707. The molecule has 0 atom stereocenters. The molecule has 89 valence electrons. The summed E-state index contributed by atoms with van der Waals surface area (Å²) >= 11 is 0. The smallest absolute Gasteiger partial charge is 0.327 e. The predicted molar refractivity (Wildman–Crippen MR) is 60.4 cm³/mol. The molecule has 5 heteroatoms. The van der Waals surface area contributed by atoms with Crippen LogP contribution in [0.15, 0.2) is 30.3 Å². The number of imide groups is 1. The van der Waals surface area contributed by atoms with Crippen molar-refractivity contribution in [3.05, 3.63) is 42.1 Å². The lowest BCUT2D eigenvalue weighted by Crippen LogP contribution is -2.30. The Hall–Kier alpha value is -1.88. The number of carbonyl (C=O) groups excluding carboxylic acids is 2. The Kier molecular flexibility index (Phi) is 3.39. The molecule has 0 saturated carbocycles. The molecule has 0 bridgehead atoms. The van der Waals surface area contributed by atoms with Gasteiger partial charge in [-0.25, -0.2) is 4.79 Å². The number of nitrogens with one attached hydrogen (secondary N) is 1. The molecule has 5 nitrogen and oxygen atoms in total. The van der Waals surface area contributed by atoms with Crippen LogP contribution >= 0.6 is 0 Å². The highest BCUT2D eigenvalue weighted by atomic mass is 16.5. The third kappa shape index (κ3) is 2.45.